The van der Waals surface area contributed by atoms with Crippen LogP contribution in [0.4, 0.5) is 17.1 Å². The van der Waals surface area contributed by atoms with Crippen molar-refractivity contribution in [3.8, 4) is 0 Å². The summed E-state index contributed by atoms with van der Waals surface area (Å²) in [6.07, 6.45) is 1.28. The number of benzene rings is 4. The summed E-state index contributed by atoms with van der Waals surface area (Å²) < 4.78 is 1.31. The number of carbonyl (C=O) groups is 3. The molecule has 1 aromatic heterocycles. The number of hydrogen-bond acceptors (Lipinski definition) is 9. The molecule has 5 aromatic rings. The van der Waals surface area contributed by atoms with Crippen LogP contribution in [0, 0.1) is 17.0 Å². The summed E-state index contributed by atoms with van der Waals surface area (Å²) >= 11 is 19.8. The summed E-state index contributed by atoms with van der Waals surface area (Å²) in [4.78, 5) is 56.4. The Morgan fingerprint density at radius 1 is 1.06 bits per heavy atom. The SMILES string of the molecule is Cc1ccc(N2C(=O)/C(=C/c3ccc(Sc4nc5ccc(NC(=O)c6ccc(Cl)cc6)cc5s4)c([N+](=O)[O-])c3)C(=O)NC2=S)cc1Cl. The molecule has 10 nitrogen and oxygen atoms in total. The van der Waals surface area contributed by atoms with Crippen molar-refractivity contribution in [1.82, 2.24) is 10.3 Å². The fraction of sp³-hybridized carbons (Fsp3) is 0.0312. The predicted molar refractivity (Wildman–Crippen MR) is 189 cm³/mol. The van der Waals surface area contributed by atoms with Crippen molar-refractivity contribution in [3.05, 3.63) is 121 Å². The van der Waals surface area contributed by atoms with Crippen molar-refractivity contribution in [2.75, 3.05) is 10.2 Å². The molecule has 1 aliphatic heterocycles. The Hall–Kier alpha value is -4.66. The number of aromatic nitrogens is 1. The number of amides is 3. The molecule has 47 heavy (non-hydrogen) atoms. The van der Waals surface area contributed by atoms with Crippen LogP contribution >= 0.6 is 58.5 Å². The van der Waals surface area contributed by atoms with E-state index < -0.39 is 16.7 Å². The van der Waals surface area contributed by atoms with E-state index in [-0.39, 0.29) is 27.8 Å². The monoisotopic (exact) mass is 719 g/mol. The highest BCUT2D eigenvalue weighted by molar-refractivity contribution is 8.01. The van der Waals surface area contributed by atoms with Gasteiger partial charge in [0.25, 0.3) is 23.4 Å². The molecule has 0 aliphatic carbocycles. The Labute approximate surface area is 290 Å². The van der Waals surface area contributed by atoms with Crippen LogP contribution in [-0.4, -0.2) is 32.7 Å². The minimum absolute atomic E-state index is 0.110. The zero-order valence-electron chi connectivity index (χ0n) is 23.9. The number of nitrogens with zero attached hydrogens (tertiary/aromatic N) is 3. The first-order chi connectivity index (χ1) is 22.5. The van der Waals surface area contributed by atoms with E-state index in [2.05, 4.69) is 15.6 Å². The number of anilines is 2. The third-order valence-corrected chi connectivity index (χ3v) is 10.0. The smallest absolute Gasteiger partial charge is 0.283 e. The van der Waals surface area contributed by atoms with Gasteiger partial charge in [0.05, 0.1) is 25.7 Å². The van der Waals surface area contributed by atoms with Crippen LogP contribution in [0.15, 0.2) is 93.7 Å². The molecule has 234 valence electrons. The predicted octanol–water partition coefficient (Wildman–Crippen LogP) is 8.05. The number of aryl methyl sites for hydroxylation is 1. The lowest BCUT2D eigenvalue weighted by Crippen LogP contribution is -2.54. The minimum Gasteiger partial charge on any atom is -0.322 e. The maximum absolute atomic E-state index is 13.4. The first-order valence-electron chi connectivity index (χ1n) is 13.6. The second-order valence-electron chi connectivity index (χ2n) is 10.1. The highest BCUT2D eigenvalue weighted by atomic mass is 35.5. The summed E-state index contributed by atoms with van der Waals surface area (Å²) in [5, 5.41) is 18.3. The molecule has 15 heteroatoms. The van der Waals surface area contributed by atoms with E-state index in [4.69, 9.17) is 35.4 Å². The van der Waals surface area contributed by atoms with Crippen LogP contribution in [-0.2, 0) is 9.59 Å². The van der Waals surface area contributed by atoms with Crippen LogP contribution in [0.5, 0.6) is 0 Å². The molecule has 0 saturated carbocycles. The maximum Gasteiger partial charge on any atom is 0.283 e. The van der Waals surface area contributed by atoms with E-state index in [0.29, 0.717) is 41.7 Å². The van der Waals surface area contributed by atoms with E-state index in [9.17, 15) is 24.5 Å². The average molecular weight is 721 g/mol. The zero-order chi connectivity index (χ0) is 33.4. The molecule has 6 rings (SSSR count). The Morgan fingerprint density at radius 3 is 2.55 bits per heavy atom. The van der Waals surface area contributed by atoms with Crippen molar-refractivity contribution < 1.29 is 19.3 Å². The molecule has 2 N–H and O–H groups in total. The van der Waals surface area contributed by atoms with Crippen molar-refractivity contribution in [2.24, 2.45) is 0 Å². The van der Waals surface area contributed by atoms with E-state index in [0.717, 1.165) is 26.9 Å². The minimum atomic E-state index is -0.728. The maximum atomic E-state index is 13.4. The summed E-state index contributed by atoms with van der Waals surface area (Å²) in [5.74, 6) is -1.72. The van der Waals surface area contributed by atoms with E-state index >= 15 is 0 Å². The first kappa shape index (κ1) is 32.3. The number of nitrogens with one attached hydrogen (secondary N) is 2. The first-order valence-corrected chi connectivity index (χ1v) is 16.4. The standard InChI is InChI=1S/C32H19Cl2N5O5S3/c1-16-2-9-21(15-23(16)34)38-30(42)22(29(41)37-31(38)45)12-17-3-11-26(25(13-17)39(43)44)46-32-36-24-10-8-20(14-27(24)47-32)35-28(40)18-4-6-19(33)7-5-18/h2-15H,1H3,(H,35,40)(H,37,41,45)/b22-12+. The number of rotatable bonds is 7. The normalized spacial score (nSPS) is 14.1. The number of halogens is 2. The molecule has 0 unspecified atom stereocenters. The largest absolute Gasteiger partial charge is 0.322 e. The number of hydrogen-bond donors (Lipinski definition) is 2. The molecule has 0 atom stereocenters. The summed E-state index contributed by atoms with van der Waals surface area (Å²) in [5.41, 5.74) is 2.61. The average Bonchev–Trinajstić information content (AvgIpc) is 3.43. The van der Waals surface area contributed by atoms with Gasteiger partial charge >= 0.3 is 0 Å². The van der Waals surface area contributed by atoms with Crippen LogP contribution in [0.25, 0.3) is 16.3 Å². The van der Waals surface area contributed by atoms with Gasteiger partial charge in [0, 0.05) is 27.4 Å². The number of nitro benzene ring substituents is 1. The number of thiazole rings is 1. The van der Waals surface area contributed by atoms with Crippen molar-refractivity contribution in [1.29, 1.82) is 0 Å². The molecule has 4 aromatic carbocycles. The van der Waals surface area contributed by atoms with Gasteiger partial charge in [-0.2, -0.15) is 0 Å². The van der Waals surface area contributed by atoms with Gasteiger partial charge in [-0.3, -0.25) is 34.7 Å². The second kappa shape index (κ2) is 13.2. The molecular weight excluding hydrogens is 701 g/mol. The Morgan fingerprint density at radius 2 is 1.83 bits per heavy atom. The van der Waals surface area contributed by atoms with Crippen molar-refractivity contribution in [2.45, 2.75) is 16.2 Å². The number of thiocarbonyl (C=S) groups is 1. The van der Waals surface area contributed by atoms with E-state index in [1.165, 1.54) is 29.5 Å². The van der Waals surface area contributed by atoms with Crippen LogP contribution in [0.2, 0.25) is 10.0 Å². The fourth-order valence-electron chi connectivity index (χ4n) is 4.56. The topological polar surface area (TPSA) is 135 Å². The highest BCUT2D eigenvalue weighted by Gasteiger charge is 2.35. The lowest BCUT2D eigenvalue weighted by molar-refractivity contribution is -0.387. The second-order valence-corrected chi connectivity index (χ2v) is 13.7. The van der Waals surface area contributed by atoms with Crippen molar-refractivity contribution >= 4 is 115 Å². The number of carbonyl (C=O) groups excluding carboxylic acids is 3. The summed E-state index contributed by atoms with van der Waals surface area (Å²) in [6, 6.07) is 21.1. The van der Waals surface area contributed by atoms with Gasteiger partial charge < -0.3 is 5.32 Å². The molecule has 0 radical (unpaired) electrons. The Balaban J connectivity index is 1.24. The lowest BCUT2D eigenvalue weighted by atomic mass is 10.1. The molecule has 2 heterocycles. The zero-order valence-corrected chi connectivity index (χ0v) is 27.9. The van der Waals surface area contributed by atoms with Crippen LogP contribution in [0.3, 0.4) is 0 Å². The summed E-state index contributed by atoms with van der Waals surface area (Å²) in [6.45, 7) is 1.81. The third kappa shape index (κ3) is 6.89. The quantitative estimate of drug-likeness (QED) is 0.0567. The highest BCUT2D eigenvalue weighted by Crippen LogP contribution is 2.40. The summed E-state index contributed by atoms with van der Waals surface area (Å²) in [7, 11) is 0. The van der Waals surface area contributed by atoms with Gasteiger partial charge in [-0.25, -0.2) is 4.98 Å². The molecular formula is C32H19Cl2N5O5S3. The van der Waals surface area contributed by atoms with Gasteiger partial charge in [-0.05, 0) is 97.0 Å². The molecule has 0 spiro atoms. The number of nitro groups is 1. The van der Waals surface area contributed by atoms with Gasteiger partial charge in [-0.15, -0.1) is 11.3 Å². The van der Waals surface area contributed by atoms with Gasteiger partial charge in [-0.1, -0.05) is 47.1 Å². The Bertz CT molecular complexity index is 2190. The third-order valence-electron chi connectivity index (χ3n) is 6.94. The van der Waals surface area contributed by atoms with Crippen LogP contribution < -0.4 is 15.5 Å². The van der Waals surface area contributed by atoms with E-state index in [1.54, 1.807) is 66.7 Å². The van der Waals surface area contributed by atoms with E-state index in [1.807, 2.05) is 6.92 Å². The molecule has 1 saturated heterocycles. The van der Waals surface area contributed by atoms with Crippen LogP contribution in [0.1, 0.15) is 21.5 Å². The Kier molecular flexibility index (Phi) is 9.08. The molecule has 0 bridgehead atoms. The lowest BCUT2D eigenvalue weighted by Gasteiger charge is -2.29. The van der Waals surface area contributed by atoms with Gasteiger partial charge in [0.2, 0.25) is 0 Å². The van der Waals surface area contributed by atoms with Gasteiger partial charge in [0.15, 0.2) is 9.45 Å². The molecule has 1 aliphatic rings. The molecule has 3 amide bonds. The number of fused-ring (bicyclic) bond motifs is 1. The molecule has 1 fully saturated rings. The van der Waals surface area contributed by atoms with Crippen molar-refractivity contribution in [3.63, 3.8) is 0 Å². The van der Waals surface area contributed by atoms with Gasteiger partial charge in [0.1, 0.15) is 5.57 Å². The fourth-order valence-corrected chi connectivity index (χ4v) is 7.29.